The van der Waals surface area contributed by atoms with Crippen molar-refractivity contribution < 1.29 is 14.7 Å². The third-order valence-corrected chi connectivity index (χ3v) is 6.21. The second-order valence-corrected chi connectivity index (χ2v) is 8.56. The van der Waals surface area contributed by atoms with Gasteiger partial charge in [0, 0.05) is 18.2 Å². The van der Waals surface area contributed by atoms with Gasteiger partial charge in [0.15, 0.2) is 0 Å². The van der Waals surface area contributed by atoms with Crippen LogP contribution in [-0.4, -0.2) is 23.5 Å². The van der Waals surface area contributed by atoms with E-state index < -0.39 is 5.97 Å². The van der Waals surface area contributed by atoms with E-state index in [0.717, 1.165) is 29.7 Å². The summed E-state index contributed by atoms with van der Waals surface area (Å²) in [7, 11) is 0. The maximum atomic E-state index is 13.1. The molecule has 0 bridgehead atoms. The molecule has 3 aromatic rings. The summed E-state index contributed by atoms with van der Waals surface area (Å²) < 4.78 is 0. The average molecular weight is 402 g/mol. The Labute approximate surface area is 177 Å². The van der Waals surface area contributed by atoms with Crippen LogP contribution < -0.4 is 4.90 Å². The Balaban J connectivity index is 1.66. The minimum atomic E-state index is -0.945. The summed E-state index contributed by atoms with van der Waals surface area (Å²) in [4.78, 5) is 26.3. The summed E-state index contributed by atoms with van der Waals surface area (Å²) in [5.74, 6) is -0.531. The van der Waals surface area contributed by atoms with Crippen LogP contribution in [0.15, 0.2) is 54.6 Å². The van der Waals surface area contributed by atoms with E-state index in [0.29, 0.717) is 12.5 Å². The number of hydrogen-bond donors (Lipinski definition) is 1. The molecule has 0 aliphatic carbocycles. The van der Waals surface area contributed by atoms with Crippen molar-refractivity contribution in [2.45, 2.75) is 33.6 Å². The lowest BCUT2D eigenvalue weighted by atomic mass is 9.83. The predicted octanol–water partition coefficient (Wildman–Crippen LogP) is 5.39. The van der Waals surface area contributed by atoms with Gasteiger partial charge >= 0.3 is 5.97 Å². The molecule has 1 aliphatic heterocycles. The van der Waals surface area contributed by atoms with Gasteiger partial charge in [-0.05, 0) is 72.2 Å². The quantitative estimate of drug-likeness (QED) is 0.638. The largest absolute Gasteiger partial charge is 0.478 e. The third kappa shape index (κ3) is 3.70. The Bertz CT molecular complexity index is 1110. The summed E-state index contributed by atoms with van der Waals surface area (Å²) in [6.07, 6.45) is 1.78. The number of aromatic carboxylic acids is 1. The molecule has 1 saturated heterocycles. The summed E-state index contributed by atoms with van der Waals surface area (Å²) >= 11 is 0. The molecule has 0 radical (unpaired) electrons. The Morgan fingerprint density at radius 1 is 1.07 bits per heavy atom. The zero-order valence-electron chi connectivity index (χ0n) is 17.7. The molecule has 4 rings (SSSR count). The molecule has 0 aromatic heterocycles. The number of piperidine rings is 1. The van der Waals surface area contributed by atoms with Gasteiger partial charge in [0.05, 0.1) is 5.56 Å². The highest BCUT2D eigenvalue weighted by atomic mass is 16.4. The van der Waals surface area contributed by atoms with Crippen LogP contribution in [0.5, 0.6) is 0 Å². The molecule has 0 unspecified atom stereocenters. The number of carbonyl (C=O) groups is 2. The number of carboxylic acids is 1. The highest BCUT2D eigenvalue weighted by Crippen LogP contribution is 2.35. The number of anilines is 1. The number of aryl methyl sites for hydroxylation is 2. The molecule has 30 heavy (non-hydrogen) atoms. The monoisotopic (exact) mass is 401 g/mol. The lowest BCUT2D eigenvalue weighted by Gasteiger charge is -2.38. The number of carboxylic acid groups (broad SMARTS) is 1. The van der Waals surface area contributed by atoms with Crippen molar-refractivity contribution in [2.75, 3.05) is 11.4 Å². The minimum Gasteiger partial charge on any atom is -0.478 e. The maximum Gasteiger partial charge on any atom is 0.335 e. The highest BCUT2D eigenvalue weighted by Gasteiger charge is 2.34. The number of fused-ring (bicyclic) bond motifs is 1. The van der Waals surface area contributed by atoms with Gasteiger partial charge in [-0.1, -0.05) is 49.4 Å². The van der Waals surface area contributed by atoms with Gasteiger partial charge in [-0.2, -0.15) is 0 Å². The molecule has 4 nitrogen and oxygen atoms in total. The fraction of sp³-hybridized carbons (Fsp3) is 0.308. The van der Waals surface area contributed by atoms with Crippen molar-refractivity contribution in [1.82, 2.24) is 0 Å². The van der Waals surface area contributed by atoms with Crippen LogP contribution in [0.2, 0.25) is 0 Å². The molecule has 1 N–H and O–H groups in total. The van der Waals surface area contributed by atoms with Crippen molar-refractivity contribution in [3.05, 3.63) is 76.9 Å². The van der Waals surface area contributed by atoms with E-state index in [1.807, 2.05) is 25.7 Å². The zero-order valence-corrected chi connectivity index (χ0v) is 17.7. The molecule has 3 aromatic carbocycles. The zero-order chi connectivity index (χ0) is 21.4. The van der Waals surface area contributed by atoms with Crippen LogP contribution in [0.3, 0.4) is 0 Å². The van der Waals surface area contributed by atoms with E-state index in [4.69, 9.17) is 0 Å². The van der Waals surface area contributed by atoms with Crippen LogP contribution in [0, 0.1) is 25.7 Å². The van der Waals surface area contributed by atoms with Crippen molar-refractivity contribution in [3.8, 4) is 0 Å². The molecule has 0 saturated carbocycles. The maximum absolute atomic E-state index is 13.1. The summed E-state index contributed by atoms with van der Waals surface area (Å²) in [5, 5.41) is 11.9. The molecular formula is C26H27NO3. The lowest BCUT2D eigenvalue weighted by Crippen LogP contribution is -2.46. The van der Waals surface area contributed by atoms with Crippen LogP contribution in [-0.2, 0) is 11.2 Å². The van der Waals surface area contributed by atoms with Gasteiger partial charge in [-0.25, -0.2) is 4.79 Å². The second kappa shape index (κ2) is 7.94. The minimum absolute atomic E-state index is 0.0586. The standard InChI is InChI=1S/C26H27NO3/c1-16-12-22(26(29)30)13-17(2)24(16)27-15-19(11-18(3)25(27)28)14-21-9-6-8-20-7-4-5-10-23(20)21/h4-10,12-13,18-19H,11,14-15H2,1-3H3,(H,29,30)/t18-,19-/m1/s1. The lowest BCUT2D eigenvalue weighted by molar-refractivity contribution is -0.124. The average Bonchev–Trinajstić information content (AvgIpc) is 2.71. The van der Waals surface area contributed by atoms with Crippen molar-refractivity contribution >= 4 is 28.3 Å². The summed E-state index contributed by atoms with van der Waals surface area (Å²) in [6.45, 7) is 6.43. The first-order chi connectivity index (χ1) is 14.3. The van der Waals surface area contributed by atoms with Crippen molar-refractivity contribution in [2.24, 2.45) is 11.8 Å². The number of rotatable bonds is 4. The van der Waals surface area contributed by atoms with Gasteiger partial charge < -0.3 is 10.0 Å². The van der Waals surface area contributed by atoms with E-state index in [-0.39, 0.29) is 17.4 Å². The van der Waals surface area contributed by atoms with Gasteiger partial charge in [0.25, 0.3) is 0 Å². The number of hydrogen-bond acceptors (Lipinski definition) is 2. The van der Waals surface area contributed by atoms with E-state index in [9.17, 15) is 14.7 Å². The van der Waals surface area contributed by atoms with Crippen LogP contribution >= 0.6 is 0 Å². The number of nitrogens with zero attached hydrogens (tertiary/aromatic N) is 1. The number of benzene rings is 3. The van der Waals surface area contributed by atoms with E-state index in [1.165, 1.54) is 16.3 Å². The molecule has 1 fully saturated rings. The van der Waals surface area contributed by atoms with Gasteiger partial charge in [0.2, 0.25) is 5.91 Å². The number of amides is 1. The normalized spacial score (nSPS) is 19.3. The Kier molecular flexibility index (Phi) is 5.33. The molecular weight excluding hydrogens is 374 g/mol. The predicted molar refractivity (Wildman–Crippen MR) is 120 cm³/mol. The molecule has 1 amide bonds. The fourth-order valence-electron chi connectivity index (χ4n) is 4.93. The first-order valence-electron chi connectivity index (χ1n) is 10.5. The topological polar surface area (TPSA) is 57.6 Å². The van der Waals surface area contributed by atoms with Gasteiger partial charge in [0.1, 0.15) is 0 Å². The highest BCUT2D eigenvalue weighted by molar-refractivity contribution is 5.98. The van der Waals surface area contributed by atoms with Crippen molar-refractivity contribution in [3.63, 3.8) is 0 Å². The Hall–Kier alpha value is -3.14. The first-order valence-corrected chi connectivity index (χ1v) is 10.5. The van der Waals surface area contributed by atoms with Gasteiger partial charge in [-0.3, -0.25) is 4.79 Å². The van der Waals surface area contributed by atoms with E-state index in [2.05, 4.69) is 42.5 Å². The SMILES string of the molecule is Cc1cc(C(=O)O)cc(C)c1N1C[C@@H](Cc2cccc3ccccc23)C[C@@H](C)C1=O. The molecule has 1 heterocycles. The first kappa shape index (κ1) is 20.1. The molecule has 154 valence electrons. The molecule has 4 heteroatoms. The summed E-state index contributed by atoms with van der Waals surface area (Å²) in [6, 6.07) is 18.2. The molecule has 1 aliphatic rings. The third-order valence-electron chi connectivity index (χ3n) is 6.21. The Morgan fingerprint density at radius 3 is 2.43 bits per heavy atom. The van der Waals surface area contributed by atoms with E-state index in [1.54, 1.807) is 12.1 Å². The van der Waals surface area contributed by atoms with Crippen LogP contribution in [0.4, 0.5) is 5.69 Å². The smallest absolute Gasteiger partial charge is 0.335 e. The second-order valence-electron chi connectivity index (χ2n) is 8.56. The van der Waals surface area contributed by atoms with Gasteiger partial charge in [-0.15, -0.1) is 0 Å². The Morgan fingerprint density at radius 2 is 1.73 bits per heavy atom. The number of carbonyl (C=O) groups excluding carboxylic acids is 1. The van der Waals surface area contributed by atoms with Crippen LogP contribution in [0.25, 0.3) is 10.8 Å². The molecule has 2 atom stereocenters. The van der Waals surface area contributed by atoms with Crippen LogP contribution in [0.1, 0.15) is 40.4 Å². The summed E-state index contributed by atoms with van der Waals surface area (Å²) in [5.41, 5.74) is 4.10. The van der Waals surface area contributed by atoms with Crippen molar-refractivity contribution in [1.29, 1.82) is 0 Å². The molecule has 0 spiro atoms. The van der Waals surface area contributed by atoms with E-state index >= 15 is 0 Å². The fourth-order valence-corrected chi connectivity index (χ4v) is 4.93.